The lowest BCUT2D eigenvalue weighted by molar-refractivity contribution is -0.125. The Hall–Kier alpha value is -1.03. The molecule has 0 heterocycles. The SMILES string of the molecule is Fc1cc(C2CCC(C=CCC(F)(F)F)CC2)ccc1Cl. The lowest BCUT2D eigenvalue weighted by Crippen LogP contribution is -2.12. The van der Waals surface area contributed by atoms with Crippen molar-refractivity contribution in [2.45, 2.75) is 44.2 Å². The van der Waals surface area contributed by atoms with Crippen LogP contribution in [0.15, 0.2) is 30.4 Å². The maximum atomic E-state index is 13.4. The van der Waals surface area contributed by atoms with Gasteiger partial charge >= 0.3 is 6.18 Å². The molecule has 0 amide bonds. The first-order chi connectivity index (χ1) is 9.85. The van der Waals surface area contributed by atoms with Crippen molar-refractivity contribution in [2.75, 3.05) is 0 Å². The van der Waals surface area contributed by atoms with Crippen LogP contribution in [0.25, 0.3) is 0 Å². The molecule has 1 saturated carbocycles. The van der Waals surface area contributed by atoms with Crippen molar-refractivity contribution in [3.63, 3.8) is 0 Å². The second-order valence-electron chi connectivity index (χ2n) is 5.53. The Morgan fingerprint density at radius 3 is 2.38 bits per heavy atom. The number of benzene rings is 1. The van der Waals surface area contributed by atoms with Gasteiger partial charge in [0.15, 0.2) is 0 Å². The van der Waals surface area contributed by atoms with Gasteiger partial charge < -0.3 is 0 Å². The largest absolute Gasteiger partial charge is 0.392 e. The Bertz CT molecular complexity index is 499. The van der Waals surface area contributed by atoms with E-state index in [4.69, 9.17) is 11.6 Å². The van der Waals surface area contributed by atoms with Gasteiger partial charge in [0, 0.05) is 0 Å². The van der Waals surface area contributed by atoms with Crippen molar-refractivity contribution in [2.24, 2.45) is 5.92 Å². The summed E-state index contributed by atoms with van der Waals surface area (Å²) in [5.41, 5.74) is 0.926. The van der Waals surface area contributed by atoms with Crippen LogP contribution in [0.2, 0.25) is 5.02 Å². The molecule has 21 heavy (non-hydrogen) atoms. The first kappa shape index (κ1) is 16.3. The average molecular weight is 321 g/mol. The number of hydrogen-bond donors (Lipinski definition) is 0. The molecular formula is C16H17ClF4. The standard InChI is InChI=1S/C16H17ClF4/c17-14-8-7-13(10-15(14)18)12-5-3-11(4-6-12)2-1-9-16(19,20)21/h1-2,7-8,10-12H,3-6,9H2. The van der Waals surface area contributed by atoms with Crippen molar-refractivity contribution in [3.05, 3.63) is 46.8 Å². The smallest absolute Gasteiger partial charge is 0.205 e. The normalized spacial score (nSPS) is 23.7. The Morgan fingerprint density at radius 2 is 1.81 bits per heavy atom. The third-order valence-corrected chi connectivity index (χ3v) is 4.25. The average Bonchev–Trinajstić information content (AvgIpc) is 2.41. The Morgan fingerprint density at radius 1 is 1.14 bits per heavy atom. The lowest BCUT2D eigenvalue weighted by atomic mass is 9.78. The highest BCUT2D eigenvalue weighted by atomic mass is 35.5. The van der Waals surface area contributed by atoms with E-state index in [1.807, 2.05) is 6.07 Å². The molecule has 0 bridgehead atoms. The van der Waals surface area contributed by atoms with Gasteiger partial charge in [-0.2, -0.15) is 13.2 Å². The predicted octanol–water partition coefficient (Wildman–Crippen LogP) is 6.26. The molecule has 2 rings (SSSR count). The van der Waals surface area contributed by atoms with Crippen molar-refractivity contribution < 1.29 is 17.6 Å². The van der Waals surface area contributed by atoms with Crippen LogP contribution in [0.4, 0.5) is 17.6 Å². The number of rotatable bonds is 3. The monoisotopic (exact) mass is 320 g/mol. The van der Waals surface area contributed by atoms with E-state index in [0.717, 1.165) is 31.2 Å². The van der Waals surface area contributed by atoms with Gasteiger partial charge in [-0.25, -0.2) is 4.39 Å². The molecule has 1 aliphatic rings. The van der Waals surface area contributed by atoms with Crippen LogP contribution in [-0.4, -0.2) is 6.18 Å². The second kappa shape index (κ2) is 6.82. The highest BCUT2D eigenvalue weighted by Crippen LogP contribution is 2.37. The third-order valence-electron chi connectivity index (χ3n) is 3.94. The van der Waals surface area contributed by atoms with Gasteiger partial charge in [0.2, 0.25) is 0 Å². The Balaban J connectivity index is 1.87. The van der Waals surface area contributed by atoms with Crippen molar-refractivity contribution in [1.82, 2.24) is 0 Å². The molecule has 1 aliphatic carbocycles. The van der Waals surface area contributed by atoms with Crippen LogP contribution in [0.5, 0.6) is 0 Å². The summed E-state index contributed by atoms with van der Waals surface area (Å²) in [6.45, 7) is 0. The fraction of sp³-hybridized carbons (Fsp3) is 0.500. The first-order valence-electron chi connectivity index (χ1n) is 7.03. The summed E-state index contributed by atoms with van der Waals surface area (Å²) in [4.78, 5) is 0. The first-order valence-corrected chi connectivity index (χ1v) is 7.41. The summed E-state index contributed by atoms with van der Waals surface area (Å²) in [5, 5.41) is 0.113. The Labute approximate surface area is 126 Å². The van der Waals surface area contributed by atoms with Crippen LogP contribution in [0.1, 0.15) is 43.6 Å². The van der Waals surface area contributed by atoms with Crippen molar-refractivity contribution in [3.8, 4) is 0 Å². The van der Waals surface area contributed by atoms with E-state index in [1.165, 1.54) is 12.1 Å². The molecule has 0 spiro atoms. The molecule has 0 saturated heterocycles. The molecule has 116 valence electrons. The lowest BCUT2D eigenvalue weighted by Gasteiger charge is -2.27. The van der Waals surface area contributed by atoms with Gasteiger partial charge in [0.05, 0.1) is 11.4 Å². The topological polar surface area (TPSA) is 0 Å². The second-order valence-corrected chi connectivity index (χ2v) is 5.94. The molecule has 0 aromatic heterocycles. The van der Waals surface area contributed by atoms with Crippen molar-refractivity contribution in [1.29, 1.82) is 0 Å². The van der Waals surface area contributed by atoms with E-state index in [2.05, 4.69) is 0 Å². The molecule has 1 fully saturated rings. The van der Waals surface area contributed by atoms with Crippen LogP contribution in [0.3, 0.4) is 0 Å². The van der Waals surface area contributed by atoms with Crippen LogP contribution in [-0.2, 0) is 0 Å². The van der Waals surface area contributed by atoms with Crippen LogP contribution in [0, 0.1) is 11.7 Å². The van der Waals surface area contributed by atoms with E-state index in [0.29, 0.717) is 0 Å². The minimum absolute atomic E-state index is 0.113. The van der Waals surface area contributed by atoms with Gasteiger partial charge in [-0.1, -0.05) is 29.8 Å². The van der Waals surface area contributed by atoms with E-state index in [9.17, 15) is 17.6 Å². The van der Waals surface area contributed by atoms with Gasteiger partial charge in [0.1, 0.15) is 5.82 Å². The molecule has 5 heteroatoms. The van der Waals surface area contributed by atoms with E-state index < -0.39 is 18.4 Å². The van der Waals surface area contributed by atoms with Gasteiger partial charge in [0.25, 0.3) is 0 Å². The fourth-order valence-electron chi connectivity index (χ4n) is 2.81. The molecule has 0 radical (unpaired) electrons. The minimum atomic E-state index is -4.13. The molecular weight excluding hydrogens is 304 g/mol. The number of allylic oxidation sites excluding steroid dienone is 2. The molecule has 0 N–H and O–H groups in total. The number of halogens is 5. The number of hydrogen-bond acceptors (Lipinski definition) is 0. The third kappa shape index (κ3) is 5.03. The van der Waals surface area contributed by atoms with Crippen LogP contribution < -0.4 is 0 Å². The molecule has 0 unspecified atom stereocenters. The van der Waals surface area contributed by atoms with Crippen LogP contribution >= 0.6 is 11.6 Å². The minimum Gasteiger partial charge on any atom is -0.205 e. The molecule has 1 aromatic rings. The summed E-state index contributed by atoms with van der Waals surface area (Å²) in [6.07, 6.45) is 1.29. The molecule has 0 aliphatic heterocycles. The van der Waals surface area contributed by atoms with E-state index >= 15 is 0 Å². The number of alkyl halides is 3. The highest BCUT2D eigenvalue weighted by molar-refractivity contribution is 6.30. The summed E-state index contributed by atoms with van der Waals surface area (Å²) >= 11 is 5.66. The maximum Gasteiger partial charge on any atom is 0.392 e. The summed E-state index contributed by atoms with van der Waals surface area (Å²) in [7, 11) is 0. The van der Waals surface area contributed by atoms with Gasteiger partial charge in [-0.15, -0.1) is 0 Å². The summed E-state index contributed by atoms with van der Waals surface area (Å²) in [5.74, 6) is 0.0474. The maximum absolute atomic E-state index is 13.4. The quantitative estimate of drug-likeness (QED) is 0.455. The van der Waals surface area contributed by atoms with E-state index in [-0.39, 0.29) is 16.9 Å². The Kier molecular flexibility index (Phi) is 5.31. The zero-order valence-corrected chi connectivity index (χ0v) is 12.2. The molecule has 1 aromatic carbocycles. The zero-order chi connectivity index (χ0) is 15.5. The molecule has 0 atom stereocenters. The zero-order valence-electron chi connectivity index (χ0n) is 11.5. The molecule has 0 nitrogen and oxygen atoms in total. The van der Waals surface area contributed by atoms with Gasteiger partial charge in [-0.3, -0.25) is 0 Å². The van der Waals surface area contributed by atoms with Gasteiger partial charge in [-0.05, 0) is 55.2 Å². The predicted molar refractivity (Wildman–Crippen MR) is 75.9 cm³/mol. The summed E-state index contributed by atoms with van der Waals surface area (Å²) in [6, 6.07) is 4.85. The summed E-state index contributed by atoms with van der Waals surface area (Å²) < 4.78 is 49.6. The fourth-order valence-corrected chi connectivity index (χ4v) is 2.92. The van der Waals surface area contributed by atoms with E-state index in [1.54, 1.807) is 12.1 Å². The van der Waals surface area contributed by atoms with Crippen molar-refractivity contribution >= 4 is 11.6 Å². The highest BCUT2D eigenvalue weighted by Gasteiger charge is 2.25.